The normalized spacial score (nSPS) is 9.30. The van der Waals surface area contributed by atoms with Gasteiger partial charge in [-0.05, 0) is 0 Å². The van der Waals surface area contributed by atoms with E-state index in [0.717, 1.165) is 3.32 Å². The molecule has 0 spiro atoms. The number of hydrogen-bond acceptors (Lipinski definition) is 0. The van der Waals surface area contributed by atoms with Crippen LogP contribution in [0.5, 0.6) is 0 Å². The van der Waals surface area contributed by atoms with E-state index in [9.17, 15) is 0 Å². The SMILES string of the molecule is Cc1ccccc1C([Se])=[Se]. The summed E-state index contributed by atoms with van der Waals surface area (Å²) in [5.74, 6) is 0. The molecule has 0 aliphatic rings. The third-order valence-electron chi connectivity index (χ3n) is 1.36. The molecule has 0 aromatic heterocycles. The van der Waals surface area contributed by atoms with E-state index in [2.05, 4.69) is 50.6 Å². The van der Waals surface area contributed by atoms with Crippen molar-refractivity contribution in [3.63, 3.8) is 0 Å². The van der Waals surface area contributed by atoms with E-state index < -0.39 is 0 Å². The summed E-state index contributed by atoms with van der Waals surface area (Å²) in [7, 11) is 0. The van der Waals surface area contributed by atoms with Crippen LogP contribution < -0.4 is 0 Å². The fraction of sp³-hybridized carbons (Fsp3) is 0.125. The van der Waals surface area contributed by atoms with Gasteiger partial charge in [0.05, 0.1) is 0 Å². The molecule has 0 amide bonds. The van der Waals surface area contributed by atoms with Crippen LogP contribution in [0, 0.1) is 6.92 Å². The van der Waals surface area contributed by atoms with Gasteiger partial charge in [-0.1, -0.05) is 0 Å². The van der Waals surface area contributed by atoms with Crippen LogP contribution in [-0.4, -0.2) is 34.9 Å². The van der Waals surface area contributed by atoms with Crippen molar-refractivity contribution in [2.75, 3.05) is 0 Å². The van der Waals surface area contributed by atoms with Crippen molar-refractivity contribution >= 4 is 34.9 Å². The molecule has 0 atom stereocenters. The summed E-state index contributed by atoms with van der Waals surface area (Å²) in [5, 5.41) is 0. The monoisotopic (exact) mass is 263 g/mol. The summed E-state index contributed by atoms with van der Waals surface area (Å²) in [6.45, 7) is 2.10. The Morgan fingerprint density at radius 3 is 2.30 bits per heavy atom. The molecular formula is C8H7Se2. The van der Waals surface area contributed by atoms with Gasteiger partial charge in [-0.15, -0.1) is 0 Å². The van der Waals surface area contributed by atoms with Gasteiger partial charge >= 0.3 is 77.2 Å². The number of rotatable bonds is 1. The van der Waals surface area contributed by atoms with Gasteiger partial charge in [-0.3, -0.25) is 0 Å². The Labute approximate surface area is 77.2 Å². The standard InChI is InChI=1S/C8H7Se2/c1-6-4-2-3-5-7(6)8(9)10/h2-5H,1H3. The molecule has 0 bridgehead atoms. The Balaban J connectivity index is 3.15. The predicted molar refractivity (Wildman–Crippen MR) is 46.8 cm³/mol. The van der Waals surface area contributed by atoms with Crippen molar-refractivity contribution < 1.29 is 0 Å². The molecule has 0 saturated carbocycles. The van der Waals surface area contributed by atoms with Crippen molar-refractivity contribution in [1.82, 2.24) is 0 Å². The summed E-state index contributed by atoms with van der Waals surface area (Å²) in [4.78, 5) is 0. The molecule has 0 aliphatic carbocycles. The van der Waals surface area contributed by atoms with Crippen molar-refractivity contribution in [1.29, 1.82) is 0 Å². The van der Waals surface area contributed by atoms with Gasteiger partial charge in [0, 0.05) is 0 Å². The van der Waals surface area contributed by atoms with Crippen molar-refractivity contribution in [3.05, 3.63) is 35.4 Å². The van der Waals surface area contributed by atoms with Crippen LogP contribution in [-0.2, 0) is 0 Å². The zero-order chi connectivity index (χ0) is 7.56. The van der Waals surface area contributed by atoms with E-state index in [1.54, 1.807) is 0 Å². The van der Waals surface area contributed by atoms with Crippen molar-refractivity contribution in [3.8, 4) is 0 Å². The molecule has 0 saturated heterocycles. The molecule has 2 heteroatoms. The van der Waals surface area contributed by atoms with Crippen LogP contribution in [0.1, 0.15) is 11.1 Å². The molecule has 1 rings (SSSR count). The second-order valence-corrected chi connectivity index (χ2v) is 5.13. The maximum absolute atomic E-state index is 2.96. The van der Waals surface area contributed by atoms with Crippen LogP contribution >= 0.6 is 0 Å². The molecule has 1 radical (unpaired) electrons. The quantitative estimate of drug-likeness (QED) is 0.656. The van der Waals surface area contributed by atoms with E-state index in [1.807, 2.05) is 12.1 Å². The van der Waals surface area contributed by atoms with Gasteiger partial charge in [0.2, 0.25) is 0 Å². The first-order valence-corrected chi connectivity index (χ1v) is 4.70. The first-order chi connectivity index (χ1) is 4.72. The maximum atomic E-state index is 2.96. The van der Waals surface area contributed by atoms with Crippen molar-refractivity contribution in [2.24, 2.45) is 0 Å². The van der Waals surface area contributed by atoms with Gasteiger partial charge in [-0.2, -0.15) is 0 Å². The minimum atomic E-state index is 1.14. The molecular weight excluding hydrogens is 254 g/mol. The number of benzene rings is 1. The molecule has 0 heterocycles. The van der Waals surface area contributed by atoms with E-state index in [4.69, 9.17) is 0 Å². The minimum absolute atomic E-state index is 1.14. The predicted octanol–water partition coefficient (Wildman–Crippen LogP) is 0.810. The zero-order valence-electron chi connectivity index (χ0n) is 5.63. The molecule has 0 N–H and O–H groups in total. The molecule has 51 valence electrons. The number of aryl methyl sites for hydroxylation is 1. The second-order valence-electron chi connectivity index (χ2n) is 2.10. The molecule has 0 unspecified atom stereocenters. The average molecular weight is 261 g/mol. The van der Waals surface area contributed by atoms with Crippen LogP contribution in [0.4, 0.5) is 0 Å². The van der Waals surface area contributed by atoms with E-state index in [-0.39, 0.29) is 0 Å². The van der Waals surface area contributed by atoms with Crippen LogP contribution in [0.15, 0.2) is 24.3 Å². The first kappa shape index (κ1) is 8.23. The summed E-state index contributed by atoms with van der Waals surface area (Å²) in [5.41, 5.74) is 2.57. The van der Waals surface area contributed by atoms with Crippen LogP contribution in [0.3, 0.4) is 0 Å². The molecule has 0 fully saturated rings. The van der Waals surface area contributed by atoms with Gasteiger partial charge in [0.15, 0.2) is 0 Å². The zero-order valence-corrected chi connectivity index (χ0v) is 9.05. The van der Waals surface area contributed by atoms with Crippen molar-refractivity contribution in [2.45, 2.75) is 6.92 Å². The Kier molecular flexibility index (Phi) is 2.88. The molecule has 1 aromatic rings. The third-order valence-corrected chi connectivity index (χ3v) is 2.29. The first-order valence-electron chi connectivity index (χ1n) is 2.99. The van der Waals surface area contributed by atoms with Gasteiger partial charge in [0.1, 0.15) is 0 Å². The molecule has 10 heavy (non-hydrogen) atoms. The van der Waals surface area contributed by atoms with Gasteiger partial charge in [0.25, 0.3) is 0 Å². The summed E-state index contributed by atoms with van der Waals surface area (Å²) >= 11 is 5.92. The van der Waals surface area contributed by atoms with Crippen LogP contribution in [0.2, 0.25) is 0 Å². The Hall–Kier alpha value is 0.129. The molecule has 0 nitrogen and oxygen atoms in total. The van der Waals surface area contributed by atoms with E-state index in [0.29, 0.717) is 0 Å². The summed E-state index contributed by atoms with van der Waals surface area (Å²) in [6.07, 6.45) is 0. The van der Waals surface area contributed by atoms with Crippen LogP contribution in [0.25, 0.3) is 0 Å². The second kappa shape index (κ2) is 3.50. The Morgan fingerprint density at radius 1 is 1.30 bits per heavy atom. The van der Waals surface area contributed by atoms with Gasteiger partial charge < -0.3 is 0 Å². The van der Waals surface area contributed by atoms with E-state index in [1.165, 1.54) is 11.1 Å². The molecule has 1 aromatic carbocycles. The number of hydrogen-bond donors (Lipinski definition) is 0. The fourth-order valence-electron chi connectivity index (χ4n) is 0.802. The summed E-state index contributed by atoms with van der Waals surface area (Å²) in [6, 6.07) is 8.28. The Bertz CT molecular complexity index is 253. The average Bonchev–Trinajstić information content (AvgIpc) is 1.88. The third kappa shape index (κ3) is 1.80. The fourth-order valence-corrected chi connectivity index (χ4v) is 1.76. The van der Waals surface area contributed by atoms with E-state index >= 15 is 0 Å². The Morgan fingerprint density at radius 2 is 1.90 bits per heavy atom. The molecule has 0 aliphatic heterocycles. The topological polar surface area (TPSA) is 0 Å². The van der Waals surface area contributed by atoms with Gasteiger partial charge in [-0.25, -0.2) is 0 Å². The summed E-state index contributed by atoms with van der Waals surface area (Å²) < 4.78 is 1.14.